The van der Waals surface area contributed by atoms with Gasteiger partial charge in [0.05, 0.1) is 12.2 Å². The summed E-state index contributed by atoms with van der Waals surface area (Å²) in [6, 6.07) is 23.0. The number of H-pyrrole nitrogens is 1. The molecule has 8 heteroatoms. The zero-order chi connectivity index (χ0) is 27.5. The Morgan fingerprint density at radius 2 is 1.77 bits per heavy atom. The van der Waals surface area contributed by atoms with E-state index in [2.05, 4.69) is 28.2 Å². The summed E-state index contributed by atoms with van der Waals surface area (Å²) in [6.07, 6.45) is 5.79. The van der Waals surface area contributed by atoms with E-state index in [1.54, 1.807) is 35.8 Å². The second kappa shape index (κ2) is 13.9. The highest BCUT2D eigenvalue weighted by molar-refractivity contribution is 5.91. The summed E-state index contributed by atoms with van der Waals surface area (Å²) in [6.45, 7) is 4.76. The van der Waals surface area contributed by atoms with E-state index in [1.807, 2.05) is 43.3 Å². The lowest BCUT2D eigenvalue weighted by Crippen LogP contribution is -2.30. The lowest BCUT2D eigenvalue weighted by Gasteiger charge is -2.22. The fourth-order valence-electron chi connectivity index (χ4n) is 4.29. The van der Waals surface area contributed by atoms with Crippen molar-refractivity contribution in [1.29, 1.82) is 0 Å². The van der Waals surface area contributed by atoms with E-state index < -0.39 is 5.91 Å². The summed E-state index contributed by atoms with van der Waals surface area (Å²) in [5, 5.41) is 9.85. The summed E-state index contributed by atoms with van der Waals surface area (Å²) < 4.78 is 11.0. The average molecular weight is 528 g/mol. The van der Waals surface area contributed by atoms with E-state index >= 15 is 0 Å². The minimum absolute atomic E-state index is 0.261. The molecule has 0 bridgehead atoms. The normalized spacial score (nSPS) is 11.3. The Kier molecular flexibility index (Phi) is 9.88. The van der Waals surface area contributed by atoms with Crippen LogP contribution in [0.1, 0.15) is 34.0 Å². The molecule has 1 amide bonds. The van der Waals surface area contributed by atoms with Crippen LogP contribution in [0.3, 0.4) is 0 Å². The number of ether oxygens (including phenoxy) is 2. The monoisotopic (exact) mass is 527 g/mol. The van der Waals surface area contributed by atoms with Gasteiger partial charge in [0.1, 0.15) is 12.4 Å². The standard InChI is InChI=1S/C31H33N3O5/c1-2-38-27-14-12-25(13-15-27)31(36)39-20-19-34(18-17-26-21-32-29-6-4-3-5-28(26)29)22-24-9-7-23(8-10-24)11-16-30(35)33-37/h3-16,21,32,37H,2,17-20,22H2,1H3,(H,33,35)/b16-11+. The maximum Gasteiger partial charge on any atom is 0.338 e. The van der Waals surface area contributed by atoms with E-state index in [1.165, 1.54) is 17.0 Å². The van der Waals surface area contributed by atoms with Crippen molar-refractivity contribution in [1.82, 2.24) is 15.4 Å². The van der Waals surface area contributed by atoms with Crippen molar-refractivity contribution in [3.63, 3.8) is 0 Å². The van der Waals surface area contributed by atoms with Gasteiger partial charge in [-0.1, -0.05) is 42.5 Å². The second-order valence-electron chi connectivity index (χ2n) is 9.03. The van der Waals surface area contributed by atoms with E-state index in [0.29, 0.717) is 25.3 Å². The van der Waals surface area contributed by atoms with Crippen molar-refractivity contribution in [3.05, 3.63) is 107 Å². The number of rotatable bonds is 13. The summed E-state index contributed by atoms with van der Waals surface area (Å²) in [5.74, 6) is -0.226. The fraction of sp³-hybridized carbons (Fsp3) is 0.226. The fourth-order valence-corrected chi connectivity index (χ4v) is 4.29. The minimum Gasteiger partial charge on any atom is -0.494 e. The number of amides is 1. The summed E-state index contributed by atoms with van der Waals surface area (Å²) in [4.78, 5) is 29.4. The molecular weight excluding hydrogens is 494 g/mol. The number of carbonyl (C=O) groups excluding carboxylic acids is 2. The Hall–Kier alpha value is -4.40. The molecule has 8 nitrogen and oxygen atoms in total. The highest BCUT2D eigenvalue weighted by atomic mass is 16.5. The molecule has 3 aromatic carbocycles. The third-order valence-electron chi connectivity index (χ3n) is 6.34. The van der Waals surface area contributed by atoms with Crippen LogP contribution in [0.5, 0.6) is 5.75 Å². The van der Waals surface area contributed by atoms with Crippen LogP contribution >= 0.6 is 0 Å². The Morgan fingerprint density at radius 3 is 2.51 bits per heavy atom. The second-order valence-corrected chi connectivity index (χ2v) is 9.03. The Balaban J connectivity index is 1.39. The van der Waals surface area contributed by atoms with Crippen molar-refractivity contribution in [2.75, 3.05) is 26.3 Å². The van der Waals surface area contributed by atoms with Crippen molar-refractivity contribution in [2.45, 2.75) is 19.9 Å². The molecule has 0 radical (unpaired) electrons. The molecule has 0 saturated carbocycles. The number of carbonyl (C=O) groups is 2. The molecule has 4 aromatic rings. The molecule has 39 heavy (non-hydrogen) atoms. The predicted octanol–water partition coefficient (Wildman–Crippen LogP) is 4.99. The molecule has 0 aliphatic carbocycles. The van der Waals surface area contributed by atoms with Crippen LogP contribution in [0.4, 0.5) is 0 Å². The molecule has 4 rings (SSSR count). The van der Waals surface area contributed by atoms with Gasteiger partial charge >= 0.3 is 5.97 Å². The number of nitrogens with one attached hydrogen (secondary N) is 2. The van der Waals surface area contributed by atoms with Crippen LogP contribution in [0.15, 0.2) is 85.1 Å². The molecule has 3 N–H and O–H groups in total. The molecule has 0 fully saturated rings. The van der Waals surface area contributed by atoms with Gasteiger partial charge in [-0.05, 0) is 66.4 Å². The van der Waals surface area contributed by atoms with E-state index in [4.69, 9.17) is 14.7 Å². The van der Waals surface area contributed by atoms with Gasteiger partial charge in [-0.15, -0.1) is 0 Å². The molecule has 0 spiro atoms. The van der Waals surface area contributed by atoms with Crippen molar-refractivity contribution >= 4 is 28.9 Å². The van der Waals surface area contributed by atoms with Gasteiger partial charge in [-0.25, -0.2) is 10.3 Å². The number of fused-ring (bicyclic) bond motifs is 1. The largest absolute Gasteiger partial charge is 0.494 e. The zero-order valence-electron chi connectivity index (χ0n) is 21.9. The van der Waals surface area contributed by atoms with Crippen LogP contribution < -0.4 is 10.2 Å². The van der Waals surface area contributed by atoms with E-state index in [9.17, 15) is 9.59 Å². The summed E-state index contributed by atoms with van der Waals surface area (Å²) in [7, 11) is 0. The first-order valence-corrected chi connectivity index (χ1v) is 12.9. The lowest BCUT2D eigenvalue weighted by molar-refractivity contribution is -0.124. The highest BCUT2D eigenvalue weighted by Crippen LogP contribution is 2.19. The number of hydroxylamine groups is 1. The van der Waals surface area contributed by atoms with Crippen LogP contribution in [-0.4, -0.2) is 53.3 Å². The van der Waals surface area contributed by atoms with Crippen molar-refractivity contribution < 1.29 is 24.3 Å². The number of hydrogen-bond acceptors (Lipinski definition) is 6. The maximum absolute atomic E-state index is 12.6. The van der Waals surface area contributed by atoms with Gasteiger partial charge in [-0.2, -0.15) is 0 Å². The van der Waals surface area contributed by atoms with Gasteiger partial charge in [0, 0.05) is 42.8 Å². The molecule has 0 atom stereocenters. The van der Waals surface area contributed by atoms with Gasteiger partial charge in [0.25, 0.3) is 5.91 Å². The van der Waals surface area contributed by atoms with Crippen LogP contribution in [0.2, 0.25) is 0 Å². The quantitative estimate of drug-likeness (QED) is 0.0980. The third kappa shape index (κ3) is 8.04. The first kappa shape index (κ1) is 27.6. The molecule has 1 aromatic heterocycles. The molecule has 0 unspecified atom stereocenters. The highest BCUT2D eigenvalue weighted by Gasteiger charge is 2.12. The number of esters is 1. The lowest BCUT2D eigenvalue weighted by atomic mass is 10.1. The predicted molar refractivity (Wildman–Crippen MR) is 151 cm³/mol. The molecule has 0 aliphatic rings. The zero-order valence-corrected chi connectivity index (χ0v) is 21.9. The average Bonchev–Trinajstić information content (AvgIpc) is 3.38. The van der Waals surface area contributed by atoms with E-state index in [0.717, 1.165) is 35.4 Å². The van der Waals surface area contributed by atoms with Gasteiger partial charge < -0.3 is 14.5 Å². The molecule has 202 valence electrons. The van der Waals surface area contributed by atoms with Crippen molar-refractivity contribution in [2.24, 2.45) is 0 Å². The molecule has 1 heterocycles. The molecular formula is C31H33N3O5. The van der Waals surface area contributed by atoms with Gasteiger partial charge in [0.15, 0.2) is 0 Å². The number of hydrogen-bond donors (Lipinski definition) is 3. The number of aromatic nitrogens is 1. The topological polar surface area (TPSA) is 104 Å². The minimum atomic E-state index is -0.581. The Morgan fingerprint density at radius 1 is 1.00 bits per heavy atom. The Labute approximate surface area is 227 Å². The number of benzene rings is 3. The SMILES string of the molecule is CCOc1ccc(C(=O)OCCN(CCc2c[nH]c3ccccc23)Cc2ccc(/C=C/C(=O)NO)cc2)cc1. The molecule has 0 saturated heterocycles. The van der Waals surface area contributed by atoms with Gasteiger partial charge in [-0.3, -0.25) is 14.9 Å². The Bertz CT molecular complexity index is 1390. The van der Waals surface area contributed by atoms with E-state index in [-0.39, 0.29) is 12.6 Å². The molecule has 0 aliphatic heterocycles. The van der Waals surface area contributed by atoms with Crippen LogP contribution in [-0.2, 0) is 22.5 Å². The van der Waals surface area contributed by atoms with Gasteiger partial charge in [0.2, 0.25) is 0 Å². The number of para-hydroxylation sites is 1. The number of nitrogens with zero attached hydrogens (tertiary/aromatic N) is 1. The van der Waals surface area contributed by atoms with Crippen molar-refractivity contribution in [3.8, 4) is 5.75 Å². The number of aromatic amines is 1. The first-order valence-electron chi connectivity index (χ1n) is 12.9. The summed E-state index contributed by atoms with van der Waals surface area (Å²) in [5.41, 5.74) is 6.36. The first-order chi connectivity index (χ1) is 19.1. The maximum atomic E-state index is 12.6. The summed E-state index contributed by atoms with van der Waals surface area (Å²) >= 11 is 0. The van der Waals surface area contributed by atoms with Crippen LogP contribution in [0.25, 0.3) is 17.0 Å². The van der Waals surface area contributed by atoms with Crippen LogP contribution in [0, 0.1) is 0 Å². The third-order valence-corrected chi connectivity index (χ3v) is 6.34. The smallest absolute Gasteiger partial charge is 0.338 e.